The van der Waals surface area contributed by atoms with Crippen molar-refractivity contribution in [2.75, 3.05) is 63.1 Å². The van der Waals surface area contributed by atoms with Crippen molar-refractivity contribution in [3.8, 4) is 0 Å². The standard InChI is InChI=1S/C23H36ClN7O4S/c1-6-35-22(34)29-9-7-28(8-10-29)19(32)15-36-20-25-17(24)13-18(26-20)30-11-12-31(16(2)14-30)21(33)27-23(3,4)5/h13,16H,6-12,14-15H2,1-5H3,(H,27,33). The van der Waals surface area contributed by atoms with Crippen molar-refractivity contribution in [3.63, 3.8) is 0 Å². The van der Waals surface area contributed by atoms with Gasteiger partial charge >= 0.3 is 12.1 Å². The highest BCUT2D eigenvalue weighted by Crippen LogP contribution is 2.24. The zero-order chi connectivity index (χ0) is 26.5. The minimum absolute atomic E-state index is 0.0132. The second kappa shape index (κ2) is 12.2. The summed E-state index contributed by atoms with van der Waals surface area (Å²) in [5.74, 6) is 0.813. The molecule has 1 N–H and O–H groups in total. The number of ether oxygens (including phenoxy) is 1. The molecule has 0 radical (unpaired) electrons. The highest BCUT2D eigenvalue weighted by Gasteiger charge is 2.30. The van der Waals surface area contributed by atoms with Crippen molar-refractivity contribution in [3.05, 3.63) is 11.2 Å². The molecule has 2 fully saturated rings. The normalized spacial score (nSPS) is 18.8. The summed E-state index contributed by atoms with van der Waals surface area (Å²) in [7, 11) is 0. The summed E-state index contributed by atoms with van der Waals surface area (Å²) >= 11 is 7.52. The van der Waals surface area contributed by atoms with Gasteiger partial charge in [0.2, 0.25) is 5.91 Å². The topological polar surface area (TPSA) is 111 Å². The minimum Gasteiger partial charge on any atom is -0.450 e. The zero-order valence-corrected chi connectivity index (χ0v) is 23.2. The number of nitrogens with one attached hydrogen (secondary N) is 1. The van der Waals surface area contributed by atoms with Crippen LogP contribution < -0.4 is 10.2 Å². The first kappa shape index (κ1) is 28.1. The van der Waals surface area contributed by atoms with Crippen LogP contribution in [-0.4, -0.2) is 112 Å². The van der Waals surface area contributed by atoms with Crippen LogP contribution in [0.5, 0.6) is 0 Å². The SMILES string of the molecule is CCOC(=O)N1CCN(C(=O)CSc2nc(Cl)cc(N3CCN(C(=O)NC(C)(C)C)C(C)C3)n2)CC1. The molecule has 11 nitrogen and oxygen atoms in total. The van der Waals surface area contributed by atoms with Crippen LogP contribution in [-0.2, 0) is 9.53 Å². The summed E-state index contributed by atoms with van der Waals surface area (Å²) in [6, 6.07) is 1.62. The Morgan fingerprint density at radius 2 is 1.78 bits per heavy atom. The molecule has 1 unspecified atom stereocenters. The van der Waals surface area contributed by atoms with Gasteiger partial charge in [-0.05, 0) is 34.6 Å². The number of nitrogens with zero attached hydrogens (tertiary/aromatic N) is 6. The fraction of sp³-hybridized carbons (Fsp3) is 0.696. The second-order valence-electron chi connectivity index (χ2n) is 9.86. The molecule has 2 aliphatic heterocycles. The lowest BCUT2D eigenvalue weighted by atomic mass is 10.1. The first-order valence-electron chi connectivity index (χ1n) is 12.2. The van der Waals surface area contributed by atoms with E-state index in [-0.39, 0.29) is 35.4 Å². The molecule has 13 heteroatoms. The Morgan fingerprint density at radius 3 is 2.39 bits per heavy atom. The van der Waals surface area contributed by atoms with E-state index in [1.165, 1.54) is 11.8 Å². The van der Waals surface area contributed by atoms with Gasteiger partial charge in [0.1, 0.15) is 11.0 Å². The Kier molecular flexibility index (Phi) is 9.51. The van der Waals surface area contributed by atoms with E-state index in [9.17, 15) is 14.4 Å². The van der Waals surface area contributed by atoms with Crippen LogP contribution in [0, 0.1) is 0 Å². The quantitative estimate of drug-likeness (QED) is 0.344. The van der Waals surface area contributed by atoms with Crippen LogP contribution in [0.15, 0.2) is 11.2 Å². The molecular formula is C23H36ClN7O4S. The number of aromatic nitrogens is 2. The zero-order valence-electron chi connectivity index (χ0n) is 21.6. The van der Waals surface area contributed by atoms with E-state index >= 15 is 0 Å². The molecule has 2 saturated heterocycles. The minimum atomic E-state index is -0.344. The van der Waals surface area contributed by atoms with Crippen molar-refractivity contribution in [1.82, 2.24) is 30.0 Å². The van der Waals surface area contributed by atoms with Gasteiger partial charge in [-0.15, -0.1) is 0 Å². The maximum atomic E-state index is 12.7. The Bertz CT molecular complexity index is 953. The summed E-state index contributed by atoms with van der Waals surface area (Å²) in [6.07, 6.45) is -0.344. The summed E-state index contributed by atoms with van der Waals surface area (Å²) in [5, 5.41) is 3.75. The molecule has 200 valence electrons. The Balaban J connectivity index is 1.54. The molecule has 3 heterocycles. The molecular weight excluding hydrogens is 506 g/mol. The summed E-state index contributed by atoms with van der Waals surface area (Å²) in [5.41, 5.74) is -0.299. The molecule has 2 aliphatic rings. The van der Waals surface area contributed by atoms with Gasteiger partial charge in [0, 0.05) is 63.5 Å². The van der Waals surface area contributed by atoms with Gasteiger partial charge in [-0.1, -0.05) is 23.4 Å². The van der Waals surface area contributed by atoms with Crippen molar-refractivity contribution in [1.29, 1.82) is 0 Å². The highest BCUT2D eigenvalue weighted by atomic mass is 35.5. The number of carbonyl (C=O) groups excluding carboxylic acids is 3. The third-order valence-electron chi connectivity index (χ3n) is 5.84. The highest BCUT2D eigenvalue weighted by molar-refractivity contribution is 7.99. The Morgan fingerprint density at radius 1 is 1.11 bits per heavy atom. The predicted molar refractivity (Wildman–Crippen MR) is 140 cm³/mol. The van der Waals surface area contributed by atoms with Crippen LogP contribution in [0.4, 0.5) is 15.4 Å². The molecule has 1 aromatic rings. The molecule has 1 aromatic heterocycles. The van der Waals surface area contributed by atoms with E-state index in [0.29, 0.717) is 68.5 Å². The Hall–Kier alpha value is -2.47. The molecule has 1 atom stereocenters. The number of anilines is 1. The molecule has 0 bridgehead atoms. The van der Waals surface area contributed by atoms with Gasteiger partial charge in [0.25, 0.3) is 0 Å². The fourth-order valence-corrected chi connectivity index (χ4v) is 5.03. The average molecular weight is 542 g/mol. The number of piperazine rings is 2. The third kappa shape index (κ3) is 7.76. The van der Waals surface area contributed by atoms with Crippen LogP contribution in [0.3, 0.4) is 0 Å². The largest absolute Gasteiger partial charge is 0.450 e. The van der Waals surface area contributed by atoms with E-state index in [4.69, 9.17) is 16.3 Å². The van der Waals surface area contributed by atoms with E-state index in [0.717, 1.165) is 0 Å². The lowest BCUT2D eigenvalue weighted by molar-refractivity contribution is -0.129. The fourth-order valence-electron chi connectivity index (χ4n) is 4.04. The number of carbonyl (C=O) groups is 3. The molecule has 0 aliphatic carbocycles. The van der Waals surface area contributed by atoms with Gasteiger partial charge in [0.05, 0.1) is 12.4 Å². The first-order valence-corrected chi connectivity index (χ1v) is 13.5. The van der Waals surface area contributed by atoms with Gasteiger partial charge in [-0.2, -0.15) is 0 Å². The van der Waals surface area contributed by atoms with Crippen LogP contribution in [0.1, 0.15) is 34.6 Å². The van der Waals surface area contributed by atoms with E-state index in [2.05, 4.69) is 20.2 Å². The van der Waals surface area contributed by atoms with Crippen LogP contribution >= 0.6 is 23.4 Å². The number of rotatable bonds is 5. The number of amides is 4. The first-order chi connectivity index (χ1) is 17.0. The molecule has 0 spiro atoms. The summed E-state index contributed by atoms with van der Waals surface area (Å²) in [4.78, 5) is 53.4. The molecule has 0 aromatic carbocycles. The van der Waals surface area contributed by atoms with Gasteiger partial charge < -0.3 is 29.7 Å². The monoisotopic (exact) mass is 541 g/mol. The molecule has 0 saturated carbocycles. The van der Waals surface area contributed by atoms with E-state index in [1.807, 2.05) is 32.6 Å². The van der Waals surface area contributed by atoms with Crippen molar-refractivity contribution in [2.45, 2.75) is 51.4 Å². The Labute approximate surface area is 221 Å². The lowest BCUT2D eigenvalue weighted by Gasteiger charge is -2.41. The maximum absolute atomic E-state index is 12.7. The lowest BCUT2D eigenvalue weighted by Crippen LogP contribution is -2.59. The average Bonchev–Trinajstić information content (AvgIpc) is 2.81. The van der Waals surface area contributed by atoms with Crippen molar-refractivity contribution in [2.24, 2.45) is 0 Å². The van der Waals surface area contributed by atoms with Gasteiger partial charge in [-0.25, -0.2) is 19.6 Å². The maximum Gasteiger partial charge on any atom is 0.409 e. The van der Waals surface area contributed by atoms with Crippen molar-refractivity contribution < 1.29 is 19.1 Å². The number of hydrogen-bond donors (Lipinski definition) is 1. The smallest absolute Gasteiger partial charge is 0.409 e. The predicted octanol–water partition coefficient (Wildman–Crippen LogP) is 2.54. The van der Waals surface area contributed by atoms with Crippen molar-refractivity contribution >= 4 is 47.2 Å². The van der Waals surface area contributed by atoms with E-state index < -0.39 is 0 Å². The number of urea groups is 1. The molecule has 4 amide bonds. The summed E-state index contributed by atoms with van der Waals surface area (Å²) < 4.78 is 5.02. The van der Waals surface area contributed by atoms with E-state index in [1.54, 1.807) is 22.8 Å². The number of hydrogen-bond acceptors (Lipinski definition) is 8. The second-order valence-corrected chi connectivity index (χ2v) is 11.2. The molecule has 3 rings (SSSR count). The third-order valence-corrected chi connectivity index (χ3v) is 6.86. The van der Waals surface area contributed by atoms with Crippen LogP contribution in [0.2, 0.25) is 5.15 Å². The van der Waals surface area contributed by atoms with Gasteiger partial charge in [0.15, 0.2) is 5.16 Å². The summed E-state index contributed by atoms with van der Waals surface area (Å²) in [6.45, 7) is 13.6. The van der Waals surface area contributed by atoms with Crippen LogP contribution in [0.25, 0.3) is 0 Å². The number of halogens is 1. The van der Waals surface area contributed by atoms with Gasteiger partial charge in [-0.3, -0.25) is 4.79 Å². The molecule has 36 heavy (non-hydrogen) atoms. The number of thioether (sulfide) groups is 1.